The molecule has 0 atom stereocenters. The number of alkyl halides is 5. The average molecular weight is 344 g/mol. The number of rotatable bonds is 6. The van der Waals surface area contributed by atoms with Crippen LogP contribution >= 0.6 is 0 Å². The largest absolute Gasteiger partial charge is 0.574 e. The van der Waals surface area contributed by atoms with Gasteiger partial charge in [-0.3, -0.25) is 14.9 Å². The quantitative estimate of drug-likeness (QED) is 0.341. The van der Waals surface area contributed by atoms with Crippen molar-refractivity contribution in [2.75, 3.05) is 6.61 Å². The first-order chi connectivity index (χ1) is 10.6. The molecule has 0 amide bonds. The second-order valence-electron chi connectivity index (χ2n) is 3.94. The Morgan fingerprint density at radius 3 is 2.48 bits per heavy atom. The van der Waals surface area contributed by atoms with Crippen LogP contribution in [0.3, 0.4) is 0 Å². The van der Waals surface area contributed by atoms with Gasteiger partial charge < -0.3 is 9.47 Å². The summed E-state index contributed by atoms with van der Waals surface area (Å²) in [5.41, 5.74) is -3.64. The summed E-state index contributed by atoms with van der Waals surface area (Å²) in [6, 6.07) is 0. The highest BCUT2D eigenvalue weighted by Gasteiger charge is 2.39. The molecule has 12 heteroatoms. The molecule has 0 aliphatic heterocycles. The number of carbonyl (C=O) groups is 1. The molecule has 0 saturated heterocycles. The van der Waals surface area contributed by atoms with E-state index in [0.717, 1.165) is 0 Å². The molecule has 0 radical (unpaired) electrons. The molecule has 0 aromatic carbocycles. The van der Waals surface area contributed by atoms with Crippen LogP contribution < -0.4 is 4.74 Å². The number of pyridine rings is 1. The minimum atomic E-state index is -5.37. The van der Waals surface area contributed by atoms with Gasteiger partial charge in [-0.25, -0.2) is 13.8 Å². The van der Waals surface area contributed by atoms with Gasteiger partial charge in [-0.1, -0.05) is 0 Å². The molecule has 0 unspecified atom stereocenters. The normalized spacial score (nSPS) is 11.4. The SMILES string of the molecule is CCOC(=O)Cc1cnc(OC(F)(F)F)c(C(F)F)c1[N+](=O)[O-]. The minimum Gasteiger partial charge on any atom is -0.466 e. The molecule has 23 heavy (non-hydrogen) atoms. The van der Waals surface area contributed by atoms with Gasteiger partial charge in [-0.2, -0.15) is 0 Å². The number of nitro groups is 1. The lowest BCUT2D eigenvalue weighted by molar-refractivity contribution is -0.387. The molecule has 1 aromatic rings. The van der Waals surface area contributed by atoms with E-state index in [0.29, 0.717) is 6.20 Å². The summed E-state index contributed by atoms with van der Waals surface area (Å²) in [6.07, 6.45) is -9.36. The van der Waals surface area contributed by atoms with Crippen molar-refractivity contribution in [2.45, 2.75) is 26.1 Å². The maximum absolute atomic E-state index is 13.0. The van der Waals surface area contributed by atoms with E-state index in [9.17, 15) is 36.9 Å². The van der Waals surface area contributed by atoms with E-state index in [-0.39, 0.29) is 6.61 Å². The topological polar surface area (TPSA) is 91.6 Å². The number of ether oxygens (including phenoxy) is 2. The first-order valence-corrected chi connectivity index (χ1v) is 5.92. The van der Waals surface area contributed by atoms with Crippen molar-refractivity contribution in [3.8, 4) is 5.88 Å². The number of hydrogen-bond acceptors (Lipinski definition) is 6. The van der Waals surface area contributed by atoms with Crippen LogP contribution in [0.2, 0.25) is 0 Å². The van der Waals surface area contributed by atoms with Gasteiger partial charge in [0.15, 0.2) is 5.56 Å². The lowest BCUT2D eigenvalue weighted by atomic mass is 10.1. The second kappa shape index (κ2) is 7.15. The molecule has 1 aromatic heterocycles. The third-order valence-electron chi connectivity index (χ3n) is 2.38. The fraction of sp³-hybridized carbons (Fsp3) is 0.455. The van der Waals surface area contributed by atoms with Gasteiger partial charge in [-0.15, -0.1) is 13.2 Å². The summed E-state index contributed by atoms with van der Waals surface area (Å²) >= 11 is 0. The zero-order valence-corrected chi connectivity index (χ0v) is 11.4. The Hall–Kier alpha value is -2.53. The monoisotopic (exact) mass is 344 g/mol. The molecular weight excluding hydrogens is 335 g/mol. The van der Waals surface area contributed by atoms with Crippen LogP contribution in [0.1, 0.15) is 24.5 Å². The summed E-state index contributed by atoms with van der Waals surface area (Å²) in [4.78, 5) is 23.9. The van der Waals surface area contributed by atoms with Crippen molar-refractivity contribution < 1.29 is 41.1 Å². The predicted molar refractivity (Wildman–Crippen MR) is 62.9 cm³/mol. The van der Waals surface area contributed by atoms with Gasteiger partial charge in [0.25, 0.3) is 12.1 Å². The van der Waals surface area contributed by atoms with Crippen LogP contribution in [0.15, 0.2) is 6.20 Å². The van der Waals surface area contributed by atoms with Crippen LogP contribution in [-0.4, -0.2) is 28.8 Å². The Morgan fingerprint density at radius 2 is 2.04 bits per heavy atom. The Balaban J connectivity index is 3.42. The van der Waals surface area contributed by atoms with E-state index in [1.165, 1.54) is 6.92 Å². The van der Waals surface area contributed by atoms with Crippen molar-refractivity contribution in [3.05, 3.63) is 27.4 Å². The first kappa shape index (κ1) is 18.5. The van der Waals surface area contributed by atoms with Crippen LogP contribution in [0.4, 0.5) is 27.6 Å². The maximum atomic E-state index is 13.0. The molecule has 0 N–H and O–H groups in total. The molecule has 0 fully saturated rings. The maximum Gasteiger partial charge on any atom is 0.574 e. The van der Waals surface area contributed by atoms with Gasteiger partial charge in [0.05, 0.1) is 23.5 Å². The van der Waals surface area contributed by atoms with E-state index in [1.807, 2.05) is 0 Å². The summed E-state index contributed by atoms with van der Waals surface area (Å²) in [5, 5.41) is 11.0. The number of halogens is 5. The first-order valence-electron chi connectivity index (χ1n) is 5.92. The minimum absolute atomic E-state index is 0.0724. The highest BCUT2D eigenvalue weighted by atomic mass is 19.4. The number of carbonyl (C=O) groups excluding carboxylic acids is 1. The number of hydrogen-bond donors (Lipinski definition) is 0. The molecule has 0 aliphatic rings. The van der Waals surface area contributed by atoms with Gasteiger partial charge in [0, 0.05) is 6.20 Å². The van der Waals surface area contributed by atoms with Crippen molar-refractivity contribution in [1.29, 1.82) is 0 Å². The van der Waals surface area contributed by atoms with Gasteiger partial charge in [0.2, 0.25) is 5.88 Å². The lowest BCUT2D eigenvalue weighted by Crippen LogP contribution is -2.20. The van der Waals surface area contributed by atoms with Gasteiger partial charge in [0.1, 0.15) is 0 Å². The molecule has 1 heterocycles. The van der Waals surface area contributed by atoms with E-state index in [2.05, 4.69) is 14.5 Å². The fourth-order valence-corrected chi connectivity index (χ4v) is 1.64. The predicted octanol–water partition coefficient (Wildman–Crippen LogP) is 2.93. The van der Waals surface area contributed by atoms with E-state index < -0.39 is 52.8 Å². The van der Waals surface area contributed by atoms with Gasteiger partial charge >= 0.3 is 12.3 Å². The molecule has 0 spiro atoms. The molecule has 0 aliphatic carbocycles. The summed E-state index contributed by atoms with van der Waals surface area (Å²) in [5.74, 6) is -2.63. The zero-order chi connectivity index (χ0) is 17.8. The highest BCUT2D eigenvalue weighted by Crippen LogP contribution is 2.39. The fourth-order valence-electron chi connectivity index (χ4n) is 1.64. The molecule has 128 valence electrons. The Kier molecular flexibility index (Phi) is 5.76. The Morgan fingerprint density at radius 1 is 1.43 bits per heavy atom. The van der Waals surface area contributed by atoms with Crippen molar-refractivity contribution >= 4 is 11.7 Å². The molecule has 1 rings (SSSR count). The summed E-state index contributed by atoms with van der Waals surface area (Å²) in [7, 11) is 0. The summed E-state index contributed by atoms with van der Waals surface area (Å²) in [6.45, 7) is 1.37. The average Bonchev–Trinajstić information content (AvgIpc) is 2.37. The third kappa shape index (κ3) is 5.00. The van der Waals surface area contributed by atoms with Crippen molar-refractivity contribution in [1.82, 2.24) is 4.98 Å². The Bertz CT molecular complexity index is 605. The van der Waals surface area contributed by atoms with E-state index in [4.69, 9.17) is 0 Å². The second-order valence-corrected chi connectivity index (χ2v) is 3.94. The molecule has 7 nitrogen and oxygen atoms in total. The van der Waals surface area contributed by atoms with Crippen LogP contribution in [0.5, 0.6) is 5.88 Å². The van der Waals surface area contributed by atoms with Crippen LogP contribution in [-0.2, 0) is 16.0 Å². The molecule has 0 saturated carbocycles. The van der Waals surface area contributed by atoms with E-state index in [1.54, 1.807) is 0 Å². The Labute approximate surface area is 125 Å². The molecular formula is C11H9F5N2O5. The standard InChI is InChI=1S/C11H9F5N2O5/c1-2-22-6(19)3-5-4-17-10(23-11(14,15)16)7(9(12)13)8(5)18(20)21/h4,9H,2-3H2,1H3. The lowest BCUT2D eigenvalue weighted by Gasteiger charge is -2.13. The number of aromatic nitrogens is 1. The zero-order valence-electron chi connectivity index (χ0n) is 11.4. The number of esters is 1. The highest BCUT2D eigenvalue weighted by molar-refractivity contribution is 5.74. The smallest absolute Gasteiger partial charge is 0.466 e. The van der Waals surface area contributed by atoms with Crippen molar-refractivity contribution in [3.63, 3.8) is 0 Å². The van der Waals surface area contributed by atoms with Crippen LogP contribution in [0, 0.1) is 10.1 Å². The summed E-state index contributed by atoms with van der Waals surface area (Å²) < 4.78 is 70.3. The van der Waals surface area contributed by atoms with E-state index >= 15 is 0 Å². The third-order valence-corrected chi connectivity index (χ3v) is 2.38. The number of nitrogens with zero attached hydrogens (tertiary/aromatic N) is 2. The van der Waals surface area contributed by atoms with Crippen LogP contribution in [0.25, 0.3) is 0 Å². The molecule has 0 bridgehead atoms. The van der Waals surface area contributed by atoms with Crippen molar-refractivity contribution in [2.24, 2.45) is 0 Å². The van der Waals surface area contributed by atoms with Gasteiger partial charge in [-0.05, 0) is 6.92 Å².